The van der Waals surface area contributed by atoms with Gasteiger partial charge >= 0.3 is 20.1 Å². The van der Waals surface area contributed by atoms with Crippen LogP contribution in [0.5, 0.6) is 0 Å². The van der Waals surface area contributed by atoms with Gasteiger partial charge in [0.2, 0.25) is 5.71 Å². The summed E-state index contributed by atoms with van der Waals surface area (Å²) in [6.07, 6.45) is 1.53. The van der Waals surface area contributed by atoms with Crippen LogP contribution in [0.2, 0.25) is 0 Å². The molecular weight excluding hydrogens is 649 g/mol. The van der Waals surface area contributed by atoms with E-state index in [1.807, 2.05) is 19.9 Å². The fraction of sp³-hybridized carbons (Fsp3) is 0.438. The molecule has 204 valence electrons. The number of rotatable bonds is 6. The minimum Gasteiger partial charge on any atom is -0.672 e. The Kier molecular flexibility index (Phi) is 11.4. The molecule has 4 aromatic rings. The third kappa shape index (κ3) is 8.31. The van der Waals surface area contributed by atoms with Crippen molar-refractivity contribution in [1.82, 2.24) is 9.97 Å². The summed E-state index contributed by atoms with van der Waals surface area (Å²) in [7, 11) is 0. The minimum absolute atomic E-state index is 0. The zero-order valence-electron chi connectivity index (χ0n) is 24.4. The number of benzene rings is 2. The topological polar surface area (TPSA) is 67.1 Å². The van der Waals surface area contributed by atoms with Crippen LogP contribution in [0.3, 0.4) is 0 Å². The molecule has 0 amide bonds. The second-order valence-electron chi connectivity index (χ2n) is 11.2. The summed E-state index contributed by atoms with van der Waals surface area (Å²) >= 11 is 0. The third-order valence-corrected chi connectivity index (χ3v) is 6.15. The molecule has 0 spiro atoms. The van der Waals surface area contributed by atoms with Crippen molar-refractivity contribution in [3.63, 3.8) is 0 Å². The fourth-order valence-corrected chi connectivity index (χ4v) is 3.94. The molecule has 0 fully saturated rings. The summed E-state index contributed by atoms with van der Waals surface area (Å²) in [5.74, 6) is 0.887. The van der Waals surface area contributed by atoms with Crippen molar-refractivity contribution in [2.75, 3.05) is 0 Å². The fourth-order valence-electron chi connectivity index (χ4n) is 3.94. The summed E-state index contributed by atoms with van der Waals surface area (Å²) in [5.41, 5.74) is 7.44. The normalized spacial score (nSPS) is 11.6. The Morgan fingerprint density at radius 3 is 1.95 bits per heavy atom. The molecule has 2 heterocycles. The first-order valence-electron chi connectivity index (χ1n) is 13.1. The van der Waals surface area contributed by atoms with Crippen molar-refractivity contribution in [3.05, 3.63) is 93.5 Å². The van der Waals surface area contributed by atoms with Crippen molar-refractivity contribution in [2.45, 2.75) is 92.9 Å². The Labute approximate surface area is 242 Å². The molecule has 0 atom stereocenters. The maximum absolute atomic E-state index is 5.67. The molecule has 0 radical (unpaired) electrons. The van der Waals surface area contributed by atoms with Crippen LogP contribution < -0.4 is 0 Å². The van der Waals surface area contributed by atoms with E-state index >= 15 is 0 Å². The molecular formula is C32H41IrN4O. The maximum Gasteiger partial charge on any atom is 3.00 e. The average Bonchev–Trinajstić information content (AvgIpc) is 3.12. The first-order chi connectivity index (χ1) is 17.4. The maximum atomic E-state index is 5.67. The molecule has 0 aliphatic heterocycles. The summed E-state index contributed by atoms with van der Waals surface area (Å²) in [5, 5.41) is 10.3. The van der Waals surface area contributed by atoms with Gasteiger partial charge in [0.25, 0.3) is 0 Å². The Morgan fingerprint density at radius 1 is 0.842 bits per heavy atom. The number of hydrogen-bond donors (Lipinski definition) is 0. The number of nitrogens with zero attached hydrogens (tertiary/aromatic N) is 4. The van der Waals surface area contributed by atoms with E-state index in [0.29, 0.717) is 17.8 Å². The van der Waals surface area contributed by atoms with E-state index in [4.69, 9.17) is 4.42 Å². The van der Waals surface area contributed by atoms with Crippen LogP contribution in [0.1, 0.15) is 82.6 Å². The van der Waals surface area contributed by atoms with Crippen LogP contribution in [-0.2, 0) is 25.5 Å². The molecule has 0 aliphatic carbocycles. The van der Waals surface area contributed by atoms with Crippen molar-refractivity contribution >= 4 is 11.1 Å². The largest absolute Gasteiger partial charge is 3.00 e. The van der Waals surface area contributed by atoms with Gasteiger partial charge in [-0.2, -0.15) is 0 Å². The first-order valence-corrected chi connectivity index (χ1v) is 13.1. The molecule has 4 rings (SSSR count). The van der Waals surface area contributed by atoms with E-state index in [1.165, 1.54) is 16.7 Å². The number of furan rings is 1. The minimum atomic E-state index is -0.0133. The number of fused-ring (bicyclic) bond motifs is 1. The monoisotopic (exact) mass is 690 g/mol. The SMILES string of the molecule is Cc1ccc(C([N-]C(C)C)[N-]C(C)C)cc1.Cc1oc2ncnc(-c3[c-]cc(C(C)(C)C)cc3)c2c1C.[Ir+3]. The van der Waals surface area contributed by atoms with E-state index in [9.17, 15) is 0 Å². The van der Waals surface area contributed by atoms with Gasteiger partial charge in [-0.3, -0.25) is 4.98 Å². The van der Waals surface area contributed by atoms with Crippen LogP contribution >= 0.6 is 0 Å². The molecule has 2 aromatic heterocycles. The Bertz CT molecular complexity index is 1280. The van der Waals surface area contributed by atoms with Gasteiger partial charge in [0.1, 0.15) is 12.1 Å². The summed E-state index contributed by atoms with van der Waals surface area (Å²) in [4.78, 5) is 8.65. The van der Waals surface area contributed by atoms with E-state index in [1.54, 1.807) is 6.33 Å². The van der Waals surface area contributed by atoms with E-state index < -0.39 is 0 Å². The summed E-state index contributed by atoms with van der Waals surface area (Å²) in [6, 6.07) is 18.7. The predicted molar refractivity (Wildman–Crippen MR) is 155 cm³/mol. The molecule has 0 aliphatic rings. The second-order valence-corrected chi connectivity index (χ2v) is 11.2. The van der Waals surface area contributed by atoms with Gasteiger partial charge in [-0.05, 0) is 31.7 Å². The van der Waals surface area contributed by atoms with Crippen molar-refractivity contribution < 1.29 is 24.5 Å². The van der Waals surface area contributed by atoms with Crippen LogP contribution in [0.25, 0.3) is 33.0 Å². The predicted octanol–water partition coefficient (Wildman–Crippen LogP) is 9.16. The molecule has 0 saturated carbocycles. The molecule has 0 saturated heterocycles. The van der Waals surface area contributed by atoms with Crippen molar-refractivity contribution in [1.29, 1.82) is 0 Å². The van der Waals surface area contributed by atoms with Crippen LogP contribution in [0.4, 0.5) is 0 Å². The van der Waals surface area contributed by atoms with Gasteiger partial charge in [-0.15, -0.1) is 47.5 Å². The van der Waals surface area contributed by atoms with Crippen molar-refractivity contribution in [2.24, 2.45) is 0 Å². The second kappa shape index (κ2) is 13.6. The quantitative estimate of drug-likeness (QED) is 0.190. The van der Waals surface area contributed by atoms with E-state index in [-0.39, 0.29) is 31.7 Å². The Hall–Kier alpha value is -2.37. The molecule has 38 heavy (non-hydrogen) atoms. The average molecular weight is 690 g/mol. The van der Waals surface area contributed by atoms with Crippen LogP contribution in [0.15, 0.2) is 53.2 Å². The Morgan fingerprint density at radius 2 is 1.45 bits per heavy atom. The smallest absolute Gasteiger partial charge is 0.672 e. The molecule has 0 N–H and O–H groups in total. The number of aromatic nitrogens is 2. The molecule has 0 unspecified atom stereocenters. The number of aryl methyl sites for hydroxylation is 3. The number of hydrogen-bond acceptors (Lipinski definition) is 3. The van der Waals surface area contributed by atoms with Gasteiger partial charge in [-0.1, -0.05) is 83.9 Å². The molecule has 6 heteroatoms. The van der Waals surface area contributed by atoms with Crippen molar-refractivity contribution in [3.8, 4) is 11.3 Å². The zero-order chi connectivity index (χ0) is 27.3. The zero-order valence-corrected chi connectivity index (χ0v) is 26.8. The van der Waals surface area contributed by atoms with Gasteiger partial charge in [0.05, 0.1) is 0 Å². The first kappa shape index (κ1) is 31.8. The summed E-state index contributed by atoms with van der Waals surface area (Å²) < 4.78 is 5.67. The molecule has 0 bridgehead atoms. The van der Waals surface area contributed by atoms with E-state index in [0.717, 1.165) is 28.0 Å². The van der Waals surface area contributed by atoms with Gasteiger partial charge in [-0.25, -0.2) is 11.1 Å². The van der Waals surface area contributed by atoms with Gasteiger partial charge < -0.3 is 15.1 Å². The van der Waals surface area contributed by atoms with Crippen LogP contribution in [0, 0.1) is 26.8 Å². The third-order valence-electron chi connectivity index (χ3n) is 6.15. The van der Waals surface area contributed by atoms with Gasteiger partial charge in [0.15, 0.2) is 0 Å². The molecule has 5 nitrogen and oxygen atoms in total. The van der Waals surface area contributed by atoms with Gasteiger partial charge in [0, 0.05) is 11.1 Å². The molecule has 2 aromatic carbocycles. The Balaban J connectivity index is 0.000000270. The standard InChI is InChI=1S/C18H19N2O.C14H22N2.Ir/c1-11-12(2)21-17-15(11)16(19-10-20-17)13-6-8-14(9-7-13)18(3,4)5;1-10(2)15-14(16-11(3)4)13-8-6-12(5)7-9-13;/h6,8-10H,1-5H3;6-11,14H,1-5H3;/q-1;-2;+3. The van der Waals surface area contributed by atoms with Crippen LogP contribution in [-0.4, -0.2) is 22.1 Å². The summed E-state index contributed by atoms with van der Waals surface area (Å²) in [6.45, 7) is 21.1. The van der Waals surface area contributed by atoms with E-state index in [2.05, 4.69) is 118 Å².